The Balaban J connectivity index is 1.34. The van der Waals surface area contributed by atoms with Crippen molar-refractivity contribution >= 4 is 5.69 Å². The van der Waals surface area contributed by atoms with E-state index in [9.17, 15) is 5.11 Å². The summed E-state index contributed by atoms with van der Waals surface area (Å²) >= 11 is 0. The van der Waals surface area contributed by atoms with Gasteiger partial charge in [0.2, 0.25) is 11.7 Å². The summed E-state index contributed by atoms with van der Waals surface area (Å²) in [5, 5.41) is 13.5. The Kier molecular flexibility index (Phi) is 4.35. The van der Waals surface area contributed by atoms with Crippen LogP contribution in [0.4, 0.5) is 5.69 Å². The van der Waals surface area contributed by atoms with Gasteiger partial charge in [-0.2, -0.15) is 4.98 Å². The monoisotopic (exact) mass is 336 g/mol. The number of nitrogens with zero attached hydrogens (tertiary/aromatic N) is 4. The smallest absolute Gasteiger partial charge is 0.241 e. The maximum absolute atomic E-state index is 9.40. The zero-order valence-corrected chi connectivity index (χ0v) is 13.9. The molecule has 0 radical (unpaired) electrons. The lowest BCUT2D eigenvalue weighted by molar-refractivity contribution is 0.215. The van der Waals surface area contributed by atoms with Gasteiger partial charge in [-0.15, -0.1) is 0 Å². The van der Waals surface area contributed by atoms with Gasteiger partial charge in [-0.25, -0.2) is 0 Å². The molecule has 0 saturated carbocycles. The van der Waals surface area contributed by atoms with Gasteiger partial charge in [-0.3, -0.25) is 4.90 Å². The molecule has 3 aromatic rings. The molecule has 0 unspecified atom stereocenters. The normalized spacial score (nSPS) is 15.4. The van der Waals surface area contributed by atoms with Crippen molar-refractivity contribution < 1.29 is 9.63 Å². The molecule has 4 rings (SSSR count). The summed E-state index contributed by atoms with van der Waals surface area (Å²) in [4.78, 5) is 9.14. The molecule has 1 aliphatic heterocycles. The largest absolute Gasteiger partial charge is 0.508 e. The van der Waals surface area contributed by atoms with Crippen LogP contribution < -0.4 is 4.90 Å². The van der Waals surface area contributed by atoms with E-state index in [-0.39, 0.29) is 0 Å². The van der Waals surface area contributed by atoms with Crippen LogP contribution in [-0.2, 0) is 6.54 Å². The first-order valence-corrected chi connectivity index (χ1v) is 8.42. The van der Waals surface area contributed by atoms with Crippen LogP contribution in [0.5, 0.6) is 5.75 Å². The van der Waals surface area contributed by atoms with Crippen molar-refractivity contribution in [2.75, 3.05) is 31.1 Å². The van der Waals surface area contributed by atoms with Crippen molar-refractivity contribution in [2.24, 2.45) is 0 Å². The number of phenolic OH excluding ortho intramolecular Hbond substituents is 1. The molecule has 0 atom stereocenters. The Morgan fingerprint density at radius 2 is 1.64 bits per heavy atom. The highest BCUT2D eigenvalue weighted by Gasteiger charge is 2.19. The van der Waals surface area contributed by atoms with Crippen LogP contribution in [0.1, 0.15) is 5.89 Å². The molecule has 128 valence electrons. The molecule has 0 bridgehead atoms. The maximum atomic E-state index is 9.40. The van der Waals surface area contributed by atoms with Crippen LogP contribution in [0.3, 0.4) is 0 Å². The van der Waals surface area contributed by atoms with Gasteiger partial charge in [0.25, 0.3) is 0 Å². The second-order valence-corrected chi connectivity index (χ2v) is 6.16. The molecule has 2 heterocycles. The highest BCUT2D eigenvalue weighted by molar-refractivity contribution is 5.53. The Bertz CT molecular complexity index is 809. The van der Waals surface area contributed by atoms with E-state index in [0.717, 1.165) is 37.4 Å². The molecule has 6 heteroatoms. The molecule has 1 aromatic heterocycles. The summed E-state index contributed by atoms with van der Waals surface area (Å²) in [7, 11) is 0. The minimum Gasteiger partial charge on any atom is -0.508 e. The average Bonchev–Trinajstić information content (AvgIpc) is 3.12. The molecular formula is C19H20N4O2. The molecule has 0 amide bonds. The van der Waals surface area contributed by atoms with Gasteiger partial charge >= 0.3 is 0 Å². The number of phenols is 1. The van der Waals surface area contributed by atoms with E-state index in [1.165, 1.54) is 0 Å². The lowest BCUT2D eigenvalue weighted by Crippen LogP contribution is -2.46. The Morgan fingerprint density at radius 3 is 2.36 bits per heavy atom. The maximum Gasteiger partial charge on any atom is 0.241 e. The van der Waals surface area contributed by atoms with Gasteiger partial charge < -0.3 is 14.5 Å². The van der Waals surface area contributed by atoms with E-state index < -0.39 is 0 Å². The molecule has 2 aromatic carbocycles. The molecule has 6 nitrogen and oxygen atoms in total. The number of aromatic hydroxyl groups is 1. The van der Waals surface area contributed by atoms with E-state index in [1.807, 2.05) is 42.5 Å². The van der Waals surface area contributed by atoms with Crippen molar-refractivity contribution in [3.05, 3.63) is 60.5 Å². The van der Waals surface area contributed by atoms with Gasteiger partial charge in [0.15, 0.2) is 0 Å². The topological polar surface area (TPSA) is 65.6 Å². The van der Waals surface area contributed by atoms with E-state index in [0.29, 0.717) is 24.0 Å². The first kappa shape index (κ1) is 15.7. The average molecular weight is 336 g/mol. The van der Waals surface area contributed by atoms with Crippen LogP contribution in [0.2, 0.25) is 0 Å². The van der Waals surface area contributed by atoms with E-state index >= 15 is 0 Å². The van der Waals surface area contributed by atoms with Gasteiger partial charge in [-0.1, -0.05) is 35.5 Å². The minimum atomic E-state index is 0.299. The van der Waals surface area contributed by atoms with Gasteiger partial charge in [0.05, 0.1) is 6.54 Å². The summed E-state index contributed by atoms with van der Waals surface area (Å²) in [6.07, 6.45) is 0. The zero-order valence-electron chi connectivity index (χ0n) is 13.9. The molecular weight excluding hydrogens is 316 g/mol. The molecule has 0 aliphatic carbocycles. The SMILES string of the molecule is Oc1ccc(N2CCN(Cc3nc(-c4ccccc4)no3)CC2)cc1. The fraction of sp³-hybridized carbons (Fsp3) is 0.263. The Labute approximate surface area is 146 Å². The first-order chi connectivity index (χ1) is 12.3. The minimum absolute atomic E-state index is 0.299. The molecule has 0 spiro atoms. The molecule has 1 saturated heterocycles. The van der Waals surface area contributed by atoms with Crippen molar-refractivity contribution in [3.8, 4) is 17.1 Å². The quantitative estimate of drug-likeness (QED) is 0.790. The van der Waals surface area contributed by atoms with Crippen LogP contribution in [0.15, 0.2) is 59.1 Å². The number of anilines is 1. The van der Waals surface area contributed by atoms with Crippen LogP contribution in [0, 0.1) is 0 Å². The third kappa shape index (κ3) is 3.64. The summed E-state index contributed by atoms with van der Waals surface area (Å²) in [5.74, 6) is 1.59. The van der Waals surface area contributed by atoms with Crippen LogP contribution in [-0.4, -0.2) is 46.3 Å². The first-order valence-electron chi connectivity index (χ1n) is 8.42. The fourth-order valence-corrected chi connectivity index (χ4v) is 3.04. The van der Waals surface area contributed by atoms with Gasteiger partial charge in [0, 0.05) is 37.4 Å². The second kappa shape index (κ2) is 6.94. The van der Waals surface area contributed by atoms with Crippen molar-refractivity contribution in [2.45, 2.75) is 6.54 Å². The number of piperazine rings is 1. The van der Waals surface area contributed by atoms with Gasteiger partial charge in [0.1, 0.15) is 5.75 Å². The van der Waals surface area contributed by atoms with E-state index in [4.69, 9.17) is 4.52 Å². The predicted molar refractivity (Wildman–Crippen MR) is 95.3 cm³/mol. The summed E-state index contributed by atoms with van der Waals surface area (Å²) < 4.78 is 5.40. The highest BCUT2D eigenvalue weighted by atomic mass is 16.5. The van der Waals surface area contributed by atoms with Crippen LogP contribution >= 0.6 is 0 Å². The second-order valence-electron chi connectivity index (χ2n) is 6.16. The third-order valence-electron chi connectivity index (χ3n) is 4.45. The summed E-state index contributed by atoms with van der Waals surface area (Å²) in [5.41, 5.74) is 2.11. The molecule has 25 heavy (non-hydrogen) atoms. The van der Waals surface area contributed by atoms with Crippen LogP contribution in [0.25, 0.3) is 11.4 Å². The van der Waals surface area contributed by atoms with E-state index in [2.05, 4.69) is 19.9 Å². The Morgan fingerprint density at radius 1 is 0.920 bits per heavy atom. The zero-order chi connectivity index (χ0) is 17.1. The molecule has 1 aliphatic rings. The number of rotatable bonds is 4. The predicted octanol–water partition coefficient (Wildman–Crippen LogP) is 2.76. The van der Waals surface area contributed by atoms with Crippen molar-refractivity contribution in [1.29, 1.82) is 0 Å². The third-order valence-corrected chi connectivity index (χ3v) is 4.45. The molecule has 1 fully saturated rings. The van der Waals surface area contributed by atoms with Gasteiger partial charge in [-0.05, 0) is 24.3 Å². The number of benzene rings is 2. The summed E-state index contributed by atoms with van der Waals surface area (Å²) in [6, 6.07) is 17.2. The van der Waals surface area contributed by atoms with E-state index in [1.54, 1.807) is 12.1 Å². The number of hydrogen-bond donors (Lipinski definition) is 1. The lowest BCUT2D eigenvalue weighted by Gasteiger charge is -2.35. The Hall–Kier alpha value is -2.86. The lowest BCUT2D eigenvalue weighted by atomic mass is 10.2. The number of hydrogen-bond acceptors (Lipinski definition) is 6. The summed E-state index contributed by atoms with van der Waals surface area (Å²) in [6.45, 7) is 4.41. The fourth-order valence-electron chi connectivity index (χ4n) is 3.04. The highest BCUT2D eigenvalue weighted by Crippen LogP contribution is 2.21. The van der Waals surface area contributed by atoms with Crippen molar-refractivity contribution in [1.82, 2.24) is 15.0 Å². The van der Waals surface area contributed by atoms with Crippen molar-refractivity contribution in [3.63, 3.8) is 0 Å². The number of aromatic nitrogens is 2. The standard InChI is InChI=1S/C19H20N4O2/c24-17-8-6-16(7-9-17)23-12-10-22(11-13-23)14-18-20-19(21-25-18)15-4-2-1-3-5-15/h1-9,24H,10-14H2. The molecule has 1 N–H and O–H groups in total.